The lowest BCUT2D eigenvalue weighted by molar-refractivity contribution is -0.118. The van der Waals surface area contributed by atoms with Gasteiger partial charge < -0.3 is 20.5 Å². The highest BCUT2D eigenvalue weighted by molar-refractivity contribution is 5.99. The third-order valence-corrected chi connectivity index (χ3v) is 3.72. The minimum absolute atomic E-state index is 0.0147. The first-order chi connectivity index (χ1) is 10.0. The Bertz CT molecular complexity index is 544. The maximum Gasteiger partial charge on any atom is 0.262 e. The normalized spacial score (nSPS) is 16.2. The van der Waals surface area contributed by atoms with E-state index in [2.05, 4.69) is 10.6 Å². The molecule has 0 saturated heterocycles. The van der Waals surface area contributed by atoms with E-state index in [1.807, 2.05) is 13.8 Å². The third kappa shape index (κ3) is 3.52. The molecule has 1 aromatic rings. The molecule has 1 heterocycles. The van der Waals surface area contributed by atoms with Crippen molar-refractivity contribution >= 4 is 17.5 Å². The van der Waals surface area contributed by atoms with E-state index in [-0.39, 0.29) is 37.0 Å². The molecular weight excluding hydrogens is 272 g/mol. The average Bonchev–Trinajstić information content (AvgIpc) is 2.50. The van der Waals surface area contributed by atoms with Gasteiger partial charge >= 0.3 is 0 Å². The summed E-state index contributed by atoms with van der Waals surface area (Å²) in [7, 11) is 0. The maximum atomic E-state index is 12.2. The van der Waals surface area contributed by atoms with Gasteiger partial charge in [-0.3, -0.25) is 9.59 Å². The van der Waals surface area contributed by atoms with Crippen LogP contribution in [0.15, 0.2) is 18.2 Å². The molecule has 114 valence electrons. The van der Waals surface area contributed by atoms with Crippen molar-refractivity contribution in [2.75, 3.05) is 18.5 Å². The predicted octanol–water partition coefficient (Wildman–Crippen LogP) is 1.15. The topological polar surface area (TPSA) is 87.7 Å². The molecule has 21 heavy (non-hydrogen) atoms. The number of amides is 2. The largest absolute Gasteiger partial charge is 0.482 e. The van der Waals surface area contributed by atoms with Crippen LogP contribution in [0.5, 0.6) is 5.75 Å². The van der Waals surface area contributed by atoms with E-state index in [9.17, 15) is 14.7 Å². The summed E-state index contributed by atoms with van der Waals surface area (Å²) in [5, 5.41) is 14.8. The van der Waals surface area contributed by atoms with Gasteiger partial charge in [0.05, 0.1) is 18.3 Å². The number of carbonyl (C=O) groups is 2. The Morgan fingerprint density at radius 1 is 1.52 bits per heavy atom. The SMILES string of the molecule is CC[C@@H](C)[C@H](CO)NC(=O)c1ccc2c(c1)NC(=O)CO2. The van der Waals surface area contributed by atoms with E-state index >= 15 is 0 Å². The molecule has 0 aliphatic carbocycles. The van der Waals surface area contributed by atoms with Crippen LogP contribution in [-0.4, -0.2) is 36.2 Å². The summed E-state index contributed by atoms with van der Waals surface area (Å²) in [4.78, 5) is 23.5. The van der Waals surface area contributed by atoms with Crippen molar-refractivity contribution in [2.45, 2.75) is 26.3 Å². The Labute approximate surface area is 123 Å². The van der Waals surface area contributed by atoms with Crippen LogP contribution in [0.2, 0.25) is 0 Å². The molecule has 0 spiro atoms. The number of hydrogen-bond donors (Lipinski definition) is 3. The second-order valence-electron chi connectivity index (χ2n) is 5.20. The van der Waals surface area contributed by atoms with Crippen LogP contribution < -0.4 is 15.4 Å². The van der Waals surface area contributed by atoms with Crippen molar-refractivity contribution in [3.05, 3.63) is 23.8 Å². The molecule has 2 atom stereocenters. The summed E-state index contributed by atoms with van der Waals surface area (Å²) in [6.07, 6.45) is 0.861. The van der Waals surface area contributed by atoms with Crippen molar-refractivity contribution in [3.63, 3.8) is 0 Å². The average molecular weight is 292 g/mol. The summed E-state index contributed by atoms with van der Waals surface area (Å²) in [6, 6.07) is 4.58. The van der Waals surface area contributed by atoms with Crippen LogP contribution in [0.3, 0.4) is 0 Å². The lowest BCUT2D eigenvalue weighted by Crippen LogP contribution is -2.41. The van der Waals surface area contributed by atoms with Gasteiger partial charge in [0.25, 0.3) is 11.8 Å². The molecule has 2 amide bonds. The fourth-order valence-corrected chi connectivity index (χ4v) is 2.13. The summed E-state index contributed by atoms with van der Waals surface area (Å²) in [6.45, 7) is 3.86. The Morgan fingerprint density at radius 2 is 2.29 bits per heavy atom. The zero-order valence-corrected chi connectivity index (χ0v) is 12.2. The fraction of sp³-hybridized carbons (Fsp3) is 0.467. The third-order valence-electron chi connectivity index (χ3n) is 3.72. The molecule has 3 N–H and O–H groups in total. The number of aliphatic hydroxyl groups excluding tert-OH is 1. The zero-order valence-electron chi connectivity index (χ0n) is 12.2. The van der Waals surface area contributed by atoms with E-state index in [1.165, 1.54) is 0 Å². The number of rotatable bonds is 5. The number of hydrogen-bond acceptors (Lipinski definition) is 4. The maximum absolute atomic E-state index is 12.2. The molecule has 6 heteroatoms. The van der Waals surface area contributed by atoms with E-state index in [0.29, 0.717) is 17.0 Å². The van der Waals surface area contributed by atoms with E-state index in [0.717, 1.165) is 6.42 Å². The molecule has 2 rings (SSSR count). The Kier molecular flexibility index (Phi) is 4.80. The van der Waals surface area contributed by atoms with Gasteiger partial charge in [-0.25, -0.2) is 0 Å². The number of fused-ring (bicyclic) bond motifs is 1. The van der Waals surface area contributed by atoms with Crippen LogP contribution >= 0.6 is 0 Å². The summed E-state index contributed by atoms with van der Waals surface area (Å²) in [5.74, 6) is 0.205. The molecule has 0 radical (unpaired) electrons. The van der Waals surface area contributed by atoms with E-state index in [4.69, 9.17) is 4.74 Å². The van der Waals surface area contributed by atoms with E-state index in [1.54, 1.807) is 18.2 Å². The molecule has 1 aliphatic rings. The van der Waals surface area contributed by atoms with Crippen molar-refractivity contribution in [1.82, 2.24) is 5.32 Å². The molecule has 0 bridgehead atoms. The summed E-state index contributed by atoms with van der Waals surface area (Å²) in [5.41, 5.74) is 0.907. The smallest absolute Gasteiger partial charge is 0.262 e. The summed E-state index contributed by atoms with van der Waals surface area (Å²) < 4.78 is 5.24. The van der Waals surface area contributed by atoms with Gasteiger partial charge in [0.15, 0.2) is 6.61 Å². The number of nitrogens with one attached hydrogen (secondary N) is 2. The Hall–Kier alpha value is -2.08. The number of ether oxygens (including phenoxy) is 1. The van der Waals surface area contributed by atoms with Crippen LogP contribution in [0.1, 0.15) is 30.6 Å². The molecule has 1 aromatic carbocycles. The molecular formula is C15H20N2O4. The van der Waals surface area contributed by atoms with Crippen LogP contribution in [-0.2, 0) is 4.79 Å². The minimum atomic E-state index is -0.288. The second kappa shape index (κ2) is 6.58. The van der Waals surface area contributed by atoms with Crippen molar-refractivity contribution in [3.8, 4) is 5.75 Å². The highest BCUT2D eigenvalue weighted by Crippen LogP contribution is 2.28. The predicted molar refractivity (Wildman–Crippen MR) is 78.4 cm³/mol. The first-order valence-corrected chi connectivity index (χ1v) is 7.03. The Morgan fingerprint density at radius 3 is 2.95 bits per heavy atom. The highest BCUT2D eigenvalue weighted by atomic mass is 16.5. The van der Waals surface area contributed by atoms with E-state index < -0.39 is 0 Å². The molecule has 1 aliphatic heterocycles. The lowest BCUT2D eigenvalue weighted by Gasteiger charge is -2.23. The van der Waals surface area contributed by atoms with Gasteiger partial charge in [-0.1, -0.05) is 20.3 Å². The second-order valence-corrected chi connectivity index (χ2v) is 5.20. The van der Waals surface area contributed by atoms with Crippen molar-refractivity contribution in [2.24, 2.45) is 5.92 Å². The quantitative estimate of drug-likeness (QED) is 0.760. The first kappa shape index (κ1) is 15.3. The lowest BCUT2D eigenvalue weighted by atomic mass is 9.99. The van der Waals surface area contributed by atoms with Crippen LogP contribution in [0.25, 0.3) is 0 Å². The number of benzene rings is 1. The van der Waals surface area contributed by atoms with Crippen molar-refractivity contribution < 1.29 is 19.4 Å². The van der Waals surface area contributed by atoms with Gasteiger partial charge in [0, 0.05) is 5.56 Å². The van der Waals surface area contributed by atoms with Gasteiger partial charge in [-0.05, 0) is 24.1 Å². The number of carbonyl (C=O) groups excluding carboxylic acids is 2. The summed E-state index contributed by atoms with van der Waals surface area (Å²) >= 11 is 0. The molecule has 0 saturated carbocycles. The molecule has 0 unspecified atom stereocenters. The number of aliphatic hydroxyl groups is 1. The van der Waals surface area contributed by atoms with Gasteiger partial charge in [-0.15, -0.1) is 0 Å². The molecule has 0 aromatic heterocycles. The van der Waals surface area contributed by atoms with Crippen molar-refractivity contribution in [1.29, 1.82) is 0 Å². The minimum Gasteiger partial charge on any atom is -0.482 e. The van der Waals surface area contributed by atoms with Gasteiger partial charge in [0.1, 0.15) is 5.75 Å². The Balaban J connectivity index is 2.12. The fourth-order valence-electron chi connectivity index (χ4n) is 2.13. The standard InChI is InChI=1S/C15H20N2O4/c1-3-9(2)12(7-18)17-15(20)10-4-5-13-11(6-10)16-14(19)8-21-13/h4-6,9,12,18H,3,7-8H2,1-2H3,(H,16,19)(H,17,20)/t9-,12+/m1/s1. The van der Waals surface area contributed by atoms with Crippen LogP contribution in [0.4, 0.5) is 5.69 Å². The zero-order chi connectivity index (χ0) is 15.4. The molecule has 0 fully saturated rings. The molecule has 6 nitrogen and oxygen atoms in total. The highest BCUT2D eigenvalue weighted by Gasteiger charge is 2.21. The first-order valence-electron chi connectivity index (χ1n) is 7.03. The van der Waals surface area contributed by atoms with Gasteiger partial charge in [-0.2, -0.15) is 0 Å². The number of anilines is 1. The van der Waals surface area contributed by atoms with Gasteiger partial charge in [0.2, 0.25) is 0 Å². The van der Waals surface area contributed by atoms with Crippen LogP contribution in [0, 0.1) is 5.92 Å². The monoisotopic (exact) mass is 292 g/mol.